The molecular formula is C13H16N2O. The number of hydrogen-bond acceptors (Lipinski definition) is 2. The number of hydrogen-bond donors (Lipinski definition) is 1. The lowest BCUT2D eigenvalue weighted by Gasteiger charge is -2.09. The van der Waals surface area contributed by atoms with Gasteiger partial charge >= 0.3 is 0 Å². The Labute approximate surface area is 96.1 Å². The Morgan fingerprint density at radius 1 is 1.50 bits per heavy atom. The molecule has 1 atom stereocenters. The van der Waals surface area contributed by atoms with Gasteiger partial charge in [0.05, 0.1) is 12.0 Å². The fourth-order valence-electron chi connectivity index (χ4n) is 1.40. The quantitative estimate of drug-likeness (QED) is 0.844. The zero-order valence-corrected chi connectivity index (χ0v) is 9.87. The number of anilines is 1. The Balaban J connectivity index is 2.70. The summed E-state index contributed by atoms with van der Waals surface area (Å²) >= 11 is 0. The zero-order valence-electron chi connectivity index (χ0n) is 9.87. The van der Waals surface area contributed by atoms with Crippen molar-refractivity contribution in [2.45, 2.75) is 27.2 Å². The van der Waals surface area contributed by atoms with Gasteiger partial charge in [0.2, 0.25) is 5.91 Å². The van der Waals surface area contributed by atoms with Crippen molar-refractivity contribution >= 4 is 11.6 Å². The van der Waals surface area contributed by atoms with Crippen molar-refractivity contribution in [3.63, 3.8) is 0 Å². The number of aryl methyl sites for hydroxylation is 2. The second-order valence-electron chi connectivity index (χ2n) is 4.10. The number of nitrogens with zero attached hydrogens (tertiary/aromatic N) is 1. The fourth-order valence-corrected chi connectivity index (χ4v) is 1.40. The smallest absolute Gasteiger partial charge is 0.225 e. The van der Waals surface area contributed by atoms with Crippen molar-refractivity contribution in [3.8, 4) is 6.07 Å². The Hall–Kier alpha value is -1.82. The highest BCUT2D eigenvalue weighted by molar-refractivity contribution is 5.91. The van der Waals surface area contributed by atoms with Gasteiger partial charge in [-0.1, -0.05) is 12.1 Å². The van der Waals surface area contributed by atoms with E-state index in [0.717, 1.165) is 16.8 Å². The molecule has 0 aliphatic heterocycles. The van der Waals surface area contributed by atoms with Gasteiger partial charge in [-0.2, -0.15) is 5.26 Å². The predicted octanol–water partition coefficient (Wildman–Crippen LogP) is 2.79. The summed E-state index contributed by atoms with van der Waals surface area (Å²) in [5.41, 5.74) is 2.97. The summed E-state index contributed by atoms with van der Waals surface area (Å²) in [7, 11) is 0. The minimum atomic E-state index is -0.245. The third-order valence-corrected chi connectivity index (χ3v) is 2.38. The SMILES string of the molecule is Cc1ccc(C)c(NC(=O)CC(C)C#N)c1. The molecule has 0 aromatic heterocycles. The lowest BCUT2D eigenvalue weighted by Crippen LogP contribution is -2.15. The van der Waals surface area contributed by atoms with Crippen LogP contribution in [0.15, 0.2) is 18.2 Å². The molecule has 84 valence electrons. The number of nitriles is 1. The first kappa shape index (κ1) is 12.3. The topological polar surface area (TPSA) is 52.9 Å². The van der Waals surface area contributed by atoms with E-state index in [1.54, 1.807) is 6.92 Å². The summed E-state index contributed by atoms with van der Waals surface area (Å²) in [5, 5.41) is 11.4. The average Bonchev–Trinajstić information content (AvgIpc) is 2.23. The summed E-state index contributed by atoms with van der Waals surface area (Å²) in [6.45, 7) is 5.67. The Kier molecular flexibility index (Phi) is 4.07. The van der Waals surface area contributed by atoms with Gasteiger partial charge in [0, 0.05) is 12.1 Å². The molecule has 1 rings (SSSR count). The average molecular weight is 216 g/mol. The van der Waals surface area contributed by atoms with E-state index < -0.39 is 0 Å². The number of carbonyl (C=O) groups excluding carboxylic acids is 1. The van der Waals surface area contributed by atoms with Crippen molar-refractivity contribution in [1.29, 1.82) is 5.26 Å². The molecule has 0 radical (unpaired) electrons. The molecule has 0 saturated heterocycles. The summed E-state index contributed by atoms with van der Waals surface area (Å²) in [6.07, 6.45) is 0.240. The summed E-state index contributed by atoms with van der Waals surface area (Å²) in [5.74, 6) is -0.354. The number of amides is 1. The third kappa shape index (κ3) is 3.39. The number of nitrogens with one attached hydrogen (secondary N) is 1. The van der Waals surface area contributed by atoms with Crippen molar-refractivity contribution in [2.75, 3.05) is 5.32 Å². The highest BCUT2D eigenvalue weighted by Crippen LogP contribution is 2.17. The van der Waals surface area contributed by atoms with Crippen LogP contribution in [0.1, 0.15) is 24.5 Å². The van der Waals surface area contributed by atoms with Crippen molar-refractivity contribution < 1.29 is 4.79 Å². The van der Waals surface area contributed by atoms with Gasteiger partial charge in [-0.25, -0.2) is 0 Å². The molecule has 16 heavy (non-hydrogen) atoms. The second kappa shape index (κ2) is 5.32. The van der Waals surface area contributed by atoms with Gasteiger partial charge in [0.1, 0.15) is 0 Å². The molecule has 1 aromatic rings. The molecule has 0 aliphatic rings. The van der Waals surface area contributed by atoms with E-state index in [4.69, 9.17) is 5.26 Å². The van der Waals surface area contributed by atoms with Crippen LogP contribution >= 0.6 is 0 Å². The lowest BCUT2D eigenvalue weighted by atomic mass is 10.1. The largest absolute Gasteiger partial charge is 0.326 e. The van der Waals surface area contributed by atoms with E-state index in [2.05, 4.69) is 5.32 Å². The molecule has 3 nitrogen and oxygen atoms in total. The molecule has 0 aliphatic carbocycles. The standard InChI is InChI=1S/C13H16N2O/c1-9-4-5-11(3)12(6-9)15-13(16)7-10(2)8-14/h4-6,10H,7H2,1-3H3,(H,15,16). The van der Waals surface area contributed by atoms with Crippen molar-refractivity contribution in [3.05, 3.63) is 29.3 Å². The Morgan fingerprint density at radius 2 is 2.19 bits per heavy atom. The molecular weight excluding hydrogens is 200 g/mol. The molecule has 1 aromatic carbocycles. The van der Waals surface area contributed by atoms with Crippen LogP contribution in [0.4, 0.5) is 5.69 Å². The van der Waals surface area contributed by atoms with E-state index in [1.807, 2.05) is 38.1 Å². The van der Waals surface area contributed by atoms with Crippen LogP contribution in [0.2, 0.25) is 0 Å². The predicted molar refractivity (Wildman–Crippen MR) is 63.9 cm³/mol. The molecule has 0 bridgehead atoms. The summed E-state index contributed by atoms with van der Waals surface area (Å²) < 4.78 is 0. The van der Waals surface area contributed by atoms with Crippen LogP contribution in [0, 0.1) is 31.1 Å². The first-order valence-electron chi connectivity index (χ1n) is 5.29. The monoisotopic (exact) mass is 216 g/mol. The molecule has 1 amide bonds. The van der Waals surface area contributed by atoms with Crippen LogP contribution in [0.25, 0.3) is 0 Å². The molecule has 0 spiro atoms. The van der Waals surface area contributed by atoms with Gasteiger partial charge in [-0.05, 0) is 38.0 Å². The van der Waals surface area contributed by atoms with Crippen LogP contribution in [0.3, 0.4) is 0 Å². The van der Waals surface area contributed by atoms with E-state index in [0.29, 0.717) is 0 Å². The highest BCUT2D eigenvalue weighted by atomic mass is 16.1. The van der Waals surface area contributed by atoms with Gasteiger partial charge in [0.25, 0.3) is 0 Å². The molecule has 0 heterocycles. The molecule has 0 fully saturated rings. The van der Waals surface area contributed by atoms with Crippen LogP contribution in [-0.4, -0.2) is 5.91 Å². The number of carbonyl (C=O) groups is 1. The van der Waals surface area contributed by atoms with E-state index >= 15 is 0 Å². The number of rotatable bonds is 3. The van der Waals surface area contributed by atoms with Gasteiger partial charge in [0.15, 0.2) is 0 Å². The lowest BCUT2D eigenvalue weighted by molar-refractivity contribution is -0.116. The van der Waals surface area contributed by atoms with Crippen LogP contribution in [0.5, 0.6) is 0 Å². The normalized spacial score (nSPS) is 11.6. The minimum absolute atomic E-state index is 0.109. The molecule has 3 heteroatoms. The maximum atomic E-state index is 11.6. The highest BCUT2D eigenvalue weighted by Gasteiger charge is 2.09. The van der Waals surface area contributed by atoms with Gasteiger partial charge in [-0.3, -0.25) is 4.79 Å². The zero-order chi connectivity index (χ0) is 12.1. The maximum Gasteiger partial charge on any atom is 0.225 e. The van der Waals surface area contributed by atoms with Crippen molar-refractivity contribution in [1.82, 2.24) is 0 Å². The molecule has 1 unspecified atom stereocenters. The summed E-state index contributed by atoms with van der Waals surface area (Å²) in [6, 6.07) is 7.96. The first-order chi connectivity index (χ1) is 7.52. The fraction of sp³-hybridized carbons (Fsp3) is 0.385. The van der Waals surface area contributed by atoms with Crippen LogP contribution < -0.4 is 5.32 Å². The van der Waals surface area contributed by atoms with Gasteiger partial charge < -0.3 is 5.32 Å². The van der Waals surface area contributed by atoms with E-state index in [1.165, 1.54) is 0 Å². The number of benzene rings is 1. The minimum Gasteiger partial charge on any atom is -0.326 e. The maximum absolute atomic E-state index is 11.6. The van der Waals surface area contributed by atoms with E-state index in [-0.39, 0.29) is 18.2 Å². The third-order valence-electron chi connectivity index (χ3n) is 2.38. The van der Waals surface area contributed by atoms with Crippen LogP contribution in [-0.2, 0) is 4.79 Å². The first-order valence-corrected chi connectivity index (χ1v) is 5.29. The van der Waals surface area contributed by atoms with Gasteiger partial charge in [-0.15, -0.1) is 0 Å². The van der Waals surface area contributed by atoms with E-state index in [9.17, 15) is 4.79 Å². The molecule has 0 saturated carbocycles. The Bertz CT molecular complexity index is 432. The summed E-state index contributed by atoms with van der Waals surface area (Å²) in [4.78, 5) is 11.6. The molecule has 1 N–H and O–H groups in total. The van der Waals surface area contributed by atoms with Crippen molar-refractivity contribution in [2.24, 2.45) is 5.92 Å². The Morgan fingerprint density at radius 3 is 2.81 bits per heavy atom. The second-order valence-corrected chi connectivity index (χ2v) is 4.10.